The molecule has 1 amide bonds. The monoisotopic (exact) mass is 370 g/mol. The number of benzene rings is 2. The number of carboxylic acids is 1. The van der Waals surface area contributed by atoms with E-state index in [1.807, 2.05) is 54.6 Å². The minimum absolute atomic E-state index is 0.0361. The van der Waals surface area contributed by atoms with Gasteiger partial charge in [-0.25, -0.2) is 0 Å². The van der Waals surface area contributed by atoms with Crippen molar-refractivity contribution in [1.82, 2.24) is 10.6 Å². The summed E-state index contributed by atoms with van der Waals surface area (Å²) >= 11 is 0. The summed E-state index contributed by atoms with van der Waals surface area (Å²) in [7, 11) is -0.351. The molecule has 1 atom stereocenters. The zero-order chi connectivity index (χ0) is 18.8. The number of hydrogen-bond acceptors (Lipinski definition) is 4. The van der Waals surface area contributed by atoms with Crippen molar-refractivity contribution in [2.45, 2.75) is 18.9 Å². The molecule has 3 N–H and O–H groups in total. The first kappa shape index (κ1) is 19.7. The second-order valence-corrected chi connectivity index (χ2v) is 6.01. The number of carboxylic acid groups (broad SMARTS) is 1. The molecular weight excluding hydrogens is 351 g/mol. The molecule has 0 spiro atoms. The van der Waals surface area contributed by atoms with Gasteiger partial charge in [0.25, 0.3) is 0 Å². The summed E-state index contributed by atoms with van der Waals surface area (Å²) < 4.78 is 10.6. The van der Waals surface area contributed by atoms with Crippen LogP contribution in [0.25, 0.3) is 11.1 Å². The van der Waals surface area contributed by atoms with Gasteiger partial charge >= 0.3 is 152 Å². The van der Waals surface area contributed by atoms with Gasteiger partial charge in [0.05, 0.1) is 0 Å². The fourth-order valence-corrected chi connectivity index (χ4v) is 2.64. The molecule has 2 rings (SSSR count). The summed E-state index contributed by atoms with van der Waals surface area (Å²) in [6.07, 6.45) is 0.202. The number of carbonyl (C=O) groups excluding carboxylic acids is 1. The van der Waals surface area contributed by atoms with E-state index < -0.39 is 12.0 Å². The van der Waals surface area contributed by atoms with Crippen LogP contribution in [0, 0.1) is 5.75 Å². The van der Waals surface area contributed by atoms with E-state index >= 15 is 0 Å². The molecule has 0 fully saturated rings. The predicted molar refractivity (Wildman–Crippen MR) is 99.3 cm³/mol. The number of amides is 1. The van der Waals surface area contributed by atoms with Crippen molar-refractivity contribution in [2.24, 2.45) is 0 Å². The Kier molecular flexibility index (Phi) is 7.84. The fourth-order valence-electron chi connectivity index (χ4n) is 2.43. The van der Waals surface area contributed by atoms with Gasteiger partial charge in [0, 0.05) is 0 Å². The molecule has 0 aliphatic carbocycles. The topological polar surface area (TPSA) is 95.5 Å². The second-order valence-electron chi connectivity index (χ2n) is 5.60. The van der Waals surface area contributed by atoms with E-state index in [9.17, 15) is 14.2 Å². The molecule has 1 unspecified atom stereocenters. The molecule has 134 valence electrons. The van der Waals surface area contributed by atoms with Crippen LogP contribution in [0.15, 0.2) is 54.6 Å². The van der Waals surface area contributed by atoms with Gasteiger partial charge in [-0.05, 0) is 0 Å². The van der Waals surface area contributed by atoms with Gasteiger partial charge in [-0.3, -0.25) is 0 Å². The summed E-state index contributed by atoms with van der Waals surface area (Å²) in [5.41, 5.74) is 3.09. The van der Waals surface area contributed by atoms with Gasteiger partial charge < -0.3 is 0 Å². The van der Waals surface area contributed by atoms with Crippen LogP contribution in [0.4, 0.5) is 0 Å². The van der Waals surface area contributed by atoms with Crippen LogP contribution in [0.3, 0.4) is 0 Å². The Hall–Kier alpha value is -2.65. The van der Waals surface area contributed by atoms with Crippen LogP contribution >= 0.6 is 7.92 Å². The molecule has 0 saturated carbocycles. The van der Waals surface area contributed by atoms with Crippen molar-refractivity contribution in [1.29, 1.82) is 0 Å². The molecule has 0 bridgehead atoms. The van der Waals surface area contributed by atoms with E-state index in [1.54, 1.807) is 0 Å². The van der Waals surface area contributed by atoms with E-state index in [0.29, 0.717) is 6.42 Å². The first-order valence-electron chi connectivity index (χ1n) is 8.07. The molecule has 0 aromatic heterocycles. The predicted octanol–water partition coefficient (Wildman–Crippen LogP) is 2.65. The Bertz CT molecular complexity index is 848. The Morgan fingerprint density at radius 1 is 1.04 bits per heavy atom. The third kappa shape index (κ3) is 6.34. The maximum atomic E-state index is 12.2. The number of aliphatic carboxylic acids is 1. The molecule has 0 aliphatic heterocycles. The van der Waals surface area contributed by atoms with Crippen LogP contribution in [0.2, 0.25) is 0 Å². The first-order valence-corrected chi connectivity index (χ1v) is 8.88. The van der Waals surface area contributed by atoms with Crippen molar-refractivity contribution in [2.75, 3.05) is 6.54 Å². The van der Waals surface area contributed by atoms with Crippen molar-refractivity contribution in [3.8, 4) is 16.9 Å². The Balaban J connectivity index is 2.04. The molecule has 6 nitrogen and oxygen atoms in total. The van der Waals surface area contributed by atoms with E-state index in [1.165, 1.54) is 0 Å². The van der Waals surface area contributed by atoms with Crippen molar-refractivity contribution in [3.63, 3.8) is 0 Å². The summed E-state index contributed by atoms with van der Waals surface area (Å²) in [5.74, 6) is 1.03. The van der Waals surface area contributed by atoms with E-state index in [0.717, 1.165) is 16.7 Å². The number of carbonyl (C=O) groups is 2. The average Bonchev–Trinajstić information content (AvgIpc) is 2.66. The maximum absolute atomic E-state index is 12.2. The zero-order valence-corrected chi connectivity index (χ0v) is 14.9. The third-order valence-corrected chi connectivity index (χ3v) is 3.96. The van der Waals surface area contributed by atoms with Gasteiger partial charge in [-0.2, -0.15) is 0 Å². The summed E-state index contributed by atoms with van der Waals surface area (Å²) in [6.45, 7) is 0.0361. The van der Waals surface area contributed by atoms with Crippen LogP contribution < -0.4 is 10.6 Å². The summed E-state index contributed by atoms with van der Waals surface area (Å²) in [6, 6.07) is 17.1. The van der Waals surface area contributed by atoms with E-state index in [-0.39, 0.29) is 26.8 Å². The van der Waals surface area contributed by atoms with E-state index in [4.69, 9.17) is 5.11 Å². The SMILES string of the molecule is O=P#CNC(Cc1ccc(-c2ccccc2)cc1)C(=O)NCCC(=O)O. The standard InChI is InChI=1S/C19H19N2O4P/c22-18(23)10-11-20-19(24)17(21-13-26-25)12-14-6-8-16(9-7-14)15-4-2-1-3-5-15/h1-9,17,21H,10-12H2,(H,20,24)(H,22,23). The van der Waals surface area contributed by atoms with Gasteiger partial charge in [-0.1, -0.05) is 0 Å². The molecule has 0 radical (unpaired) electrons. The van der Waals surface area contributed by atoms with Crippen molar-refractivity contribution < 1.29 is 19.3 Å². The molecule has 0 aliphatic rings. The molecule has 0 saturated heterocycles. The van der Waals surface area contributed by atoms with Crippen LogP contribution in [0.5, 0.6) is 0 Å². The number of rotatable bonds is 8. The molecule has 2 aromatic carbocycles. The van der Waals surface area contributed by atoms with E-state index in [2.05, 4.69) is 16.4 Å². The third-order valence-electron chi connectivity index (χ3n) is 3.74. The van der Waals surface area contributed by atoms with Crippen molar-refractivity contribution >= 4 is 19.8 Å². The van der Waals surface area contributed by atoms with Gasteiger partial charge in [0.1, 0.15) is 0 Å². The molecule has 7 heteroatoms. The Morgan fingerprint density at radius 2 is 1.69 bits per heavy atom. The fraction of sp³-hybridized carbons (Fsp3) is 0.211. The normalized spacial score (nSPS) is 11.2. The summed E-state index contributed by atoms with van der Waals surface area (Å²) in [4.78, 5) is 22.8. The molecule has 2 aromatic rings. The Labute approximate surface area is 152 Å². The number of nitrogens with one attached hydrogen (secondary N) is 2. The Morgan fingerprint density at radius 3 is 2.31 bits per heavy atom. The van der Waals surface area contributed by atoms with Gasteiger partial charge in [-0.15, -0.1) is 0 Å². The second kappa shape index (κ2) is 10.4. The quantitative estimate of drug-likeness (QED) is 0.490. The molecular formula is C19H19N2O4P. The zero-order valence-electron chi connectivity index (χ0n) is 14.0. The number of hydrogen-bond donors (Lipinski definition) is 3. The summed E-state index contributed by atoms with van der Waals surface area (Å²) in [5, 5.41) is 13.9. The van der Waals surface area contributed by atoms with Crippen LogP contribution in [0.1, 0.15) is 12.0 Å². The van der Waals surface area contributed by atoms with Gasteiger partial charge in [0.15, 0.2) is 0 Å². The van der Waals surface area contributed by atoms with Crippen molar-refractivity contribution in [3.05, 3.63) is 60.2 Å². The average molecular weight is 370 g/mol. The molecule has 0 heterocycles. The van der Waals surface area contributed by atoms with Gasteiger partial charge in [0.2, 0.25) is 0 Å². The van der Waals surface area contributed by atoms with Crippen LogP contribution in [-0.2, 0) is 20.6 Å². The minimum atomic E-state index is -0.984. The first-order chi connectivity index (χ1) is 12.6. The van der Waals surface area contributed by atoms with Crippen LogP contribution in [-0.4, -0.2) is 29.6 Å². The molecule has 26 heavy (non-hydrogen) atoms.